The van der Waals surface area contributed by atoms with E-state index >= 15 is 0 Å². The second kappa shape index (κ2) is 5.63. The molecule has 0 saturated heterocycles. The third-order valence-electron chi connectivity index (χ3n) is 3.06. The summed E-state index contributed by atoms with van der Waals surface area (Å²) in [5.74, 6) is 0. The van der Waals surface area contributed by atoms with Gasteiger partial charge in [-0.25, -0.2) is 9.97 Å². The lowest BCUT2D eigenvalue weighted by molar-refractivity contribution is 1.26. The number of anilines is 3. The van der Waals surface area contributed by atoms with Gasteiger partial charge in [0.05, 0.1) is 16.3 Å². The Kier molecular flexibility index (Phi) is 3.84. The van der Waals surface area contributed by atoms with Crippen LogP contribution in [0.2, 0.25) is 5.02 Å². The number of aryl methyl sites for hydroxylation is 1. The molecule has 0 bridgehead atoms. The van der Waals surface area contributed by atoms with Crippen LogP contribution in [0.3, 0.4) is 0 Å². The maximum atomic E-state index is 6.13. The smallest absolute Gasteiger partial charge is 0.187 e. The Bertz CT molecular complexity index is 794. The van der Waals surface area contributed by atoms with E-state index in [0.29, 0.717) is 5.13 Å². The van der Waals surface area contributed by atoms with Crippen LogP contribution in [-0.4, -0.2) is 9.97 Å². The van der Waals surface area contributed by atoms with E-state index in [4.69, 9.17) is 17.3 Å². The molecule has 21 heavy (non-hydrogen) atoms. The summed E-state index contributed by atoms with van der Waals surface area (Å²) < 4.78 is 0. The molecule has 108 valence electrons. The summed E-state index contributed by atoms with van der Waals surface area (Å²) in [7, 11) is 0. The minimum atomic E-state index is 0.565. The molecule has 4 nitrogen and oxygen atoms in total. The molecule has 3 aromatic rings. The third kappa shape index (κ3) is 2.88. The van der Waals surface area contributed by atoms with Gasteiger partial charge in [-0.2, -0.15) is 0 Å². The number of aromatic nitrogens is 2. The predicted octanol–water partition coefficient (Wildman–Crippen LogP) is 4.86. The number of halogens is 1. The van der Waals surface area contributed by atoms with Crippen molar-refractivity contribution in [2.75, 3.05) is 11.1 Å². The normalized spacial score (nSPS) is 10.8. The number of nitrogens with two attached hydrogens (primary N) is 1. The van der Waals surface area contributed by atoms with Gasteiger partial charge in [-0.1, -0.05) is 29.0 Å². The van der Waals surface area contributed by atoms with Gasteiger partial charge in [-0.15, -0.1) is 11.3 Å². The van der Waals surface area contributed by atoms with Crippen LogP contribution in [0, 0.1) is 13.8 Å². The van der Waals surface area contributed by atoms with Crippen LogP contribution >= 0.6 is 34.3 Å². The van der Waals surface area contributed by atoms with Crippen molar-refractivity contribution in [3.63, 3.8) is 0 Å². The Hall–Kier alpha value is -1.63. The standard InChI is InChI=1S/C14H13ClN4S2/c1-7-9(15)4-3-5-10(7)18-14-19-11(6-20-14)12-8(2)17-13(16)21-12/h3-6H,1-2H3,(H2,16,17)(H,18,19). The molecule has 1 aromatic carbocycles. The van der Waals surface area contributed by atoms with Crippen molar-refractivity contribution in [1.29, 1.82) is 0 Å². The summed E-state index contributed by atoms with van der Waals surface area (Å²) >= 11 is 9.13. The van der Waals surface area contributed by atoms with E-state index in [2.05, 4.69) is 15.3 Å². The molecule has 0 amide bonds. The second-order valence-corrected chi connectivity index (χ2v) is 6.84. The molecule has 0 radical (unpaired) electrons. The zero-order valence-corrected chi connectivity index (χ0v) is 13.9. The molecule has 0 spiro atoms. The SMILES string of the molecule is Cc1nc(N)sc1-c1csc(Nc2cccc(Cl)c2C)n1. The quantitative estimate of drug-likeness (QED) is 0.716. The zero-order chi connectivity index (χ0) is 15.0. The molecule has 0 unspecified atom stereocenters. The van der Waals surface area contributed by atoms with E-state index in [1.807, 2.05) is 37.4 Å². The number of nitrogens with zero attached hydrogens (tertiary/aromatic N) is 2. The van der Waals surface area contributed by atoms with Crippen LogP contribution in [0.25, 0.3) is 10.6 Å². The summed E-state index contributed by atoms with van der Waals surface area (Å²) in [4.78, 5) is 9.84. The van der Waals surface area contributed by atoms with Crippen LogP contribution in [0.4, 0.5) is 16.0 Å². The fraction of sp³-hybridized carbons (Fsp3) is 0.143. The monoisotopic (exact) mass is 336 g/mol. The number of hydrogen-bond donors (Lipinski definition) is 2. The molecule has 0 fully saturated rings. The van der Waals surface area contributed by atoms with Crippen LogP contribution in [0.15, 0.2) is 23.6 Å². The van der Waals surface area contributed by atoms with Crippen molar-refractivity contribution in [2.24, 2.45) is 0 Å². The van der Waals surface area contributed by atoms with Crippen molar-refractivity contribution in [3.05, 3.63) is 39.9 Å². The number of nitrogens with one attached hydrogen (secondary N) is 1. The highest BCUT2D eigenvalue weighted by Crippen LogP contribution is 2.34. The van der Waals surface area contributed by atoms with Crippen molar-refractivity contribution < 1.29 is 0 Å². The summed E-state index contributed by atoms with van der Waals surface area (Å²) in [6, 6.07) is 5.78. The maximum absolute atomic E-state index is 6.13. The molecule has 0 atom stereocenters. The minimum Gasteiger partial charge on any atom is -0.375 e. The van der Waals surface area contributed by atoms with Gasteiger partial charge in [0, 0.05) is 16.1 Å². The van der Waals surface area contributed by atoms with Crippen LogP contribution < -0.4 is 11.1 Å². The molecule has 7 heteroatoms. The molecule has 0 aliphatic carbocycles. The third-order valence-corrected chi connectivity index (χ3v) is 5.24. The average Bonchev–Trinajstić information content (AvgIpc) is 3.01. The van der Waals surface area contributed by atoms with Crippen LogP contribution in [0.1, 0.15) is 11.3 Å². The Morgan fingerprint density at radius 2 is 2.05 bits per heavy atom. The largest absolute Gasteiger partial charge is 0.375 e. The fourth-order valence-electron chi connectivity index (χ4n) is 1.95. The van der Waals surface area contributed by atoms with E-state index in [0.717, 1.165) is 37.7 Å². The Balaban J connectivity index is 1.89. The van der Waals surface area contributed by atoms with E-state index in [-0.39, 0.29) is 0 Å². The first-order valence-electron chi connectivity index (χ1n) is 6.25. The maximum Gasteiger partial charge on any atom is 0.187 e. The van der Waals surface area contributed by atoms with Crippen molar-refractivity contribution >= 4 is 50.2 Å². The Labute approximate surface area is 135 Å². The molecule has 0 aliphatic heterocycles. The minimum absolute atomic E-state index is 0.565. The number of rotatable bonds is 3. The first kappa shape index (κ1) is 14.3. The van der Waals surface area contributed by atoms with Gasteiger partial charge in [-0.05, 0) is 31.5 Å². The molecular weight excluding hydrogens is 324 g/mol. The van der Waals surface area contributed by atoms with E-state index in [1.54, 1.807) is 11.3 Å². The zero-order valence-electron chi connectivity index (χ0n) is 11.5. The number of benzene rings is 1. The van der Waals surface area contributed by atoms with E-state index in [1.165, 1.54) is 11.3 Å². The first-order chi connectivity index (χ1) is 10.0. The summed E-state index contributed by atoms with van der Waals surface area (Å²) in [5.41, 5.74) is 9.51. The average molecular weight is 337 g/mol. The highest BCUT2D eigenvalue weighted by atomic mass is 35.5. The number of nitrogen functional groups attached to an aromatic ring is 1. The van der Waals surface area contributed by atoms with Crippen molar-refractivity contribution in [2.45, 2.75) is 13.8 Å². The van der Waals surface area contributed by atoms with Gasteiger partial charge in [0.15, 0.2) is 10.3 Å². The fourth-order valence-corrected chi connectivity index (χ4v) is 3.71. The van der Waals surface area contributed by atoms with Crippen molar-refractivity contribution in [1.82, 2.24) is 9.97 Å². The lowest BCUT2D eigenvalue weighted by Crippen LogP contribution is -1.93. The lowest BCUT2D eigenvalue weighted by atomic mass is 10.2. The van der Waals surface area contributed by atoms with E-state index in [9.17, 15) is 0 Å². The molecular formula is C14H13ClN4S2. The summed E-state index contributed by atoms with van der Waals surface area (Å²) in [6.45, 7) is 3.92. The van der Waals surface area contributed by atoms with Gasteiger partial charge in [0.1, 0.15) is 0 Å². The highest BCUT2D eigenvalue weighted by molar-refractivity contribution is 7.19. The van der Waals surface area contributed by atoms with E-state index < -0.39 is 0 Å². The highest BCUT2D eigenvalue weighted by Gasteiger charge is 2.12. The van der Waals surface area contributed by atoms with Gasteiger partial charge in [0.2, 0.25) is 0 Å². The second-order valence-electron chi connectivity index (χ2n) is 4.54. The Morgan fingerprint density at radius 3 is 2.76 bits per heavy atom. The van der Waals surface area contributed by atoms with Gasteiger partial charge in [-0.3, -0.25) is 0 Å². The molecule has 2 heterocycles. The predicted molar refractivity (Wildman–Crippen MR) is 91.8 cm³/mol. The van der Waals surface area contributed by atoms with Crippen molar-refractivity contribution in [3.8, 4) is 10.6 Å². The van der Waals surface area contributed by atoms with Gasteiger partial charge >= 0.3 is 0 Å². The molecule has 3 rings (SSSR count). The van der Waals surface area contributed by atoms with Crippen LogP contribution in [-0.2, 0) is 0 Å². The molecule has 3 N–H and O–H groups in total. The van der Waals surface area contributed by atoms with Gasteiger partial charge < -0.3 is 11.1 Å². The summed E-state index contributed by atoms with van der Waals surface area (Å²) in [6.07, 6.45) is 0. The van der Waals surface area contributed by atoms with Gasteiger partial charge in [0.25, 0.3) is 0 Å². The molecule has 0 saturated carbocycles. The number of hydrogen-bond acceptors (Lipinski definition) is 6. The lowest BCUT2D eigenvalue weighted by Gasteiger charge is -2.07. The summed E-state index contributed by atoms with van der Waals surface area (Å²) in [5, 5.41) is 7.43. The topological polar surface area (TPSA) is 63.8 Å². The number of thiazole rings is 2. The molecule has 2 aromatic heterocycles. The molecule has 0 aliphatic rings. The first-order valence-corrected chi connectivity index (χ1v) is 8.33. The van der Waals surface area contributed by atoms with Crippen LogP contribution in [0.5, 0.6) is 0 Å². The Morgan fingerprint density at radius 1 is 1.24 bits per heavy atom.